The van der Waals surface area contributed by atoms with Crippen molar-refractivity contribution in [2.24, 2.45) is 5.73 Å². The number of rotatable bonds is 8. The Hall–Kier alpha value is -4.49. The summed E-state index contributed by atoms with van der Waals surface area (Å²) >= 11 is 0. The summed E-state index contributed by atoms with van der Waals surface area (Å²) in [5.74, 6) is -0.397. The molecule has 0 aliphatic carbocycles. The molecule has 1 aromatic heterocycles. The van der Waals surface area contributed by atoms with Gasteiger partial charge >= 0.3 is 6.09 Å². The number of carbonyl (C=O) groups excluding carboxylic acids is 2. The lowest BCUT2D eigenvalue weighted by Gasteiger charge is -2.19. The zero-order valence-corrected chi connectivity index (χ0v) is 20.0. The van der Waals surface area contributed by atoms with Gasteiger partial charge in [-0.05, 0) is 47.4 Å². The fourth-order valence-corrected chi connectivity index (χ4v) is 3.82. The van der Waals surface area contributed by atoms with E-state index < -0.39 is 18.0 Å². The second-order valence-electron chi connectivity index (χ2n) is 8.29. The van der Waals surface area contributed by atoms with Crippen LogP contribution < -0.4 is 16.4 Å². The molecule has 0 aliphatic rings. The highest BCUT2D eigenvalue weighted by Gasteiger charge is 2.24. The van der Waals surface area contributed by atoms with Crippen LogP contribution in [0.2, 0.25) is 0 Å². The summed E-state index contributed by atoms with van der Waals surface area (Å²) < 4.78 is 5.37. The van der Waals surface area contributed by atoms with Gasteiger partial charge in [0.05, 0.1) is 0 Å². The summed E-state index contributed by atoms with van der Waals surface area (Å²) in [7, 11) is 0. The van der Waals surface area contributed by atoms with Crippen LogP contribution in [-0.2, 0) is 22.7 Å². The molecule has 1 atom stereocenters. The van der Waals surface area contributed by atoms with Crippen molar-refractivity contribution < 1.29 is 14.3 Å². The number of nitrogens with zero attached hydrogens (tertiary/aromatic N) is 1. The largest absolute Gasteiger partial charge is 0.445 e. The Balaban J connectivity index is 1.55. The topological polar surface area (TPSA) is 106 Å². The SMILES string of the molecule is Cc1ncccc1-c1ccc([C@@H](NC(=O)OCc2ccccc2)C(=O)Nc2cccc(CN)c2)cc1. The molecule has 0 fully saturated rings. The van der Waals surface area contributed by atoms with E-state index in [9.17, 15) is 9.59 Å². The van der Waals surface area contributed by atoms with Crippen molar-refractivity contribution in [3.05, 3.63) is 120 Å². The first kappa shape index (κ1) is 24.6. The maximum absolute atomic E-state index is 13.3. The fourth-order valence-electron chi connectivity index (χ4n) is 3.82. The minimum absolute atomic E-state index is 0.0960. The molecule has 0 spiro atoms. The van der Waals surface area contributed by atoms with E-state index in [4.69, 9.17) is 10.5 Å². The Morgan fingerprint density at radius 3 is 2.39 bits per heavy atom. The Morgan fingerprint density at radius 2 is 1.67 bits per heavy atom. The van der Waals surface area contributed by atoms with Gasteiger partial charge in [0.25, 0.3) is 5.91 Å². The fraction of sp³-hybridized carbons (Fsp3) is 0.138. The number of alkyl carbamates (subject to hydrolysis) is 1. The molecule has 4 N–H and O–H groups in total. The van der Waals surface area contributed by atoms with Gasteiger partial charge in [-0.1, -0.05) is 72.8 Å². The lowest BCUT2D eigenvalue weighted by Crippen LogP contribution is -2.37. The number of aryl methyl sites for hydroxylation is 1. The first-order valence-corrected chi connectivity index (χ1v) is 11.6. The van der Waals surface area contributed by atoms with Crippen LogP contribution in [0.15, 0.2) is 97.2 Å². The smallest absolute Gasteiger partial charge is 0.408 e. The number of hydrogen-bond acceptors (Lipinski definition) is 5. The van der Waals surface area contributed by atoms with Gasteiger partial charge in [-0.15, -0.1) is 0 Å². The Kier molecular flexibility index (Phi) is 8.05. The molecule has 7 nitrogen and oxygen atoms in total. The van der Waals surface area contributed by atoms with Gasteiger partial charge < -0.3 is 21.1 Å². The van der Waals surface area contributed by atoms with Gasteiger partial charge in [-0.2, -0.15) is 0 Å². The summed E-state index contributed by atoms with van der Waals surface area (Å²) in [6, 6.07) is 27.0. The van der Waals surface area contributed by atoms with Crippen molar-refractivity contribution in [1.82, 2.24) is 10.3 Å². The van der Waals surface area contributed by atoms with E-state index in [2.05, 4.69) is 15.6 Å². The molecule has 7 heteroatoms. The minimum Gasteiger partial charge on any atom is -0.445 e. The first-order chi connectivity index (χ1) is 17.5. The van der Waals surface area contributed by atoms with Crippen LogP contribution >= 0.6 is 0 Å². The second-order valence-corrected chi connectivity index (χ2v) is 8.29. The molecule has 3 aromatic carbocycles. The molecule has 0 saturated heterocycles. The van der Waals surface area contributed by atoms with Gasteiger partial charge in [0, 0.05) is 29.7 Å². The van der Waals surface area contributed by atoms with Gasteiger partial charge in [-0.3, -0.25) is 9.78 Å². The monoisotopic (exact) mass is 480 g/mol. The number of pyridine rings is 1. The quantitative estimate of drug-likeness (QED) is 0.324. The van der Waals surface area contributed by atoms with Crippen molar-refractivity contribution in [2.45, 2.75) is 26.1 Å². The number of nitrogens with two attached hydrogens (primary N) is 1. The number of hydrogen-bond donors (Lipinski definition) is 3. The third-order valence-electron chi connectivity index (χ3n) is 5.73. The van der Waals surface area contributed by atoms with Gasteiger partial charge in [0.15, 0.2) is 0 Å². The normalized spacial score (nSPS) is 11.4. The number of carbonyl (C=O) groups is 2. The van der Waals surface area contributed by atoms with Crippen LogP contribution in [-0.4, -0.2) is 17.0 Å². The molecule has 0 bridgehead atoms. The summed E-state index contributed by atoms with van der Waals surface area (Å²) in [5.41, 5.74) is 11.5. The van der Waals surface area contributed by atoms with E-state index in [1.54, 1.807) is 18.3 Å². The Morgan fingerprint density at radius 1 is 0.917 bits per heavy atom. The third kappa shape index (κ3) is 6.34. The van der Waals surface area contributed by atoms with Crippen molar-refractivity contribution >= 4 is 17.7 Å². The number of ether oxygens (including phenoxy) is 1. The van der Waals surface area contributed by atoms with E-state index in [1.165, 1.54) is 0 Å². The first-order valence-electron chi connectivity index (χ1n) is 11.6. The standard InChI is InChI=1S/C29H28N4O3/c1-20-26(11-6-16-31-20)23-12-14-24(15-13-23)27(28(34)32-25-10-5-9-22(17-25)18-30)33-29(35)36-19-21-7-3-2-4-8-21/h2-17,27H,18-19,30H2,1H3,(H,32,34)(H,33,35)/t27-/m1/s1. The van der Waals surface area contributed by atoms with Gasteiger partial charge in [-0.25, -0.2) is 4.79 Å². The minimum atomic E-state index is -0.973. The average Bonchev–Trinajstić information content (AvgIpc) is 2.91. The number of nitrogens with one attached hydrogen (secondary N) is 2. The molecule has 4 aromatic rings. The van der Waals surface area contributed by atoms with Gasteiger partial charge in [0.1, 0.15) is 12.6 Å². The van der Waals surface area contributed by atoms with Crippen molar-refractivity contribution in [3.63, 3.8) is 0 Å². The maximum Gasteiger partial charge on any atom is 0.408 e. The van der Waals surface area contributed by atoms with Crippen LogP contribution in [0, 0.1) is 6.92 Å². The Labute approximate surface area is 210 Å². The predicted octanol–water partition coefficient (Wildman–Crippen LogP) is 5.12. The van der Waals surface area contributed by atoms with E-state index in [0.717, 1.165) is 27.9 Å². The molecular weight excluding hydrogens is 452 g/mol. The molecule has 4 rings (SSSR count). The predicted molar refractivity (Wildman–Crippen MR) is 140 cm³/mol. The van der Waals surface area contributed by atoms with Crippen LogP contribution in [0.1, 0.15) is 28.4 Å². The zero-order chi connectivity index (χ0) is 25.3. The van der Waals surface area contributed by atoms with Crippen LogP contribution in [0.25, 0.3) is 11.1 Å². The molecule has 0 unspecified atom stereocenters. The highest BCUT2D eigenvalue weighted by molar-refractivity contribution is 5.97. The summed E-state index contributed by atoms with van der Waals surface area (Å²) in [5, 5.41) is 5.59. The highest BCUT2D eigenvalue weighted by Crippen LogP contribution is 2.25. The number of aromatic nitrogens is 1. The second kappa shape index (κ2) is 11.8. The zero-order valence-electron chi connectivity index (χ0n) is 20.0. The summed E-state index contributed by atoms with van der Waals surface area (Å²) in [4.78, 5) is 30.3. The van der Waals surface area contributed by atoms with E-state index in [1.807, 2.05) is 85.8 Å². The molecule has 1 heterocycles. The van der Waals surface area contributed by atoms with E-state index in [-0.39, 0.29) is 6.61 Å². The van der Waals surface area contributed by atoms with Crippen molar-refractivity contribution in [3.8, 4) is 11.1 Å². The van der Waals surface area contributed by atoms with Gasteiger partial charge in [0.2, 0.25) is 0 Å². The number of anilines is 1. The molecule has 0 radical (unpaired) electrons. The molecule has 0 aliphatic heterocycles. The van der Waals surface area contributed by atoms with E-state index in [0.29, 0.717) is 17.8 Å². The van der Waals surface area contributed by atoms with Crippen LogP contribution in [0.3, 0.4) is 0 Å². The molecule has 2 amide bonds. The summed E-state index contributed by atoms with van der Waals surface area (Å²) in [6.45, 7) is 2.39. The lowest BCUT2D eigenvalue weighted by atomic mass is 9.99. The Bertz CT molecular complexity index is 1320. The van der Waals surface area contributed by atoms with Crippen LogP contribution in [0.4, 0.5) is 10.5 Å². The third-order valence-corrected chi connectivity index (χ3v) is 5.73. The van der Waals surface area contributed by atoms with Crippen molar-refractivity contribution in [2.75, 3.05) is 5.32 Å². The maximum atomic E-state index is 13.3. The summed E-state index contributed by atoms with van der Waals surface area (Å²) in [6.07, 6.45) is 1.06. The van der Waals surface area contributed by atoms with E-state index >= 15 is 0 Å². The number of benzene rings is 3. The number of amides is 2. The van der Waals surface area contributed by atoms with Crippen LogP contribution in [0.5, 0.6) is 0 Å². The molecule has 0 saturated carbocycles. The highest BCUT2D eigenvalue weighted by atomic mass is 16.5. The molecule has 182 valence electrons. The molecule has 36 heavy (non-hydrogen) atoms. The molecular formula is C29H28N4O3. The average molecular weight is 481 g/mol. The van der Waals surface area contributed by atoms with Crippen molar-refractivity contribution in [1.29, 1.82) is 0 Å². The lowest BCUT2D eigenvalue weighted by molar-refractivity contribution is -0.118.